The van der Waals surface area contributed by atoms with Crippen LogP contribution in [0.2, 0.25) is 5.28 Å². The molecule has 0 amide bonds. The first-order chi connectivity index (χ1) is 8.56. The van der Waals surface area contributed by atoms with Gasteiger partial charge in [-0.15, -0.1) is 0 Å². The van der Waals surface area contributed by atoms with E-state index in [2.05, 4.69) is 28.8 Å². The highest BCUT2D eigenvalue weighted by molar-refractivity contribution is 6.28. The quantitative estimate of drug-likeness (QED) is 0.753. The molecule has 6 nitrogen and oxygen atoms in total. The molecule has 18 heavy (non-hydrogen) atoms. The normalized spacial score (nSPS) is 10.8. The molecule has 0 spiro atoms. The second kappa shape index (κ2) is 7.33. The van der Waals surface area contributed by atoms with Crippen LogP contribution in [0, 0.1) is 5.92 Å². The van der Waals surface area contributed by atoms with E-state index < -0.39 is 0 Å². The van der Waals surface area contributed by atoms with Crippen LogP contribution in [0.25, 0.3) is 0 Å². The van der Waals surface area contributed by atoms with Gasteiger partial charge >= 0.3 is 6.01 Å². The van der Waals surface area contributed by atoms with E-state index in [1.807, 2.05) is 4.90 Å². The Hall–Kier alpha value is -1.14. The molecule has 0 aliphatic carbocycles. The SMILES string of the molecule is COCCN(CC(C)C)c1nc(Cl)nc(OC)n1. The van der Waals surface area contributed by atoms with Crippen molar-refractivity contribution in [2.45, 2.75) is 13.8 Å². The minimum atomic E-state index is 0.128. The summed E-state index contributed by atoms with van der Waals surface area (Å²) in [5.41, 5.74) is 0. The van der Waals surface area contributed by atoms with E-state index >= 15 is 0 Å². The van der Waals surface area contributed by atoms with E-state index in [-0.39, 0.29) is 11.3 Å². The van der Waals surface area contributed by atoms with Crippen molar-refractivity contribution in [1.29, 1.82) is 0 Å². The molecule has 1 rings (SSSR count). The van der Waals surface area contributed by atoms with Gasteiger partial charge in [0.05, 0.1) is 13.7 Å². The second-order valence-corrected chi connectivity index (χ2v) is 4.56. The van der Waals surface area contributed by atoms with Gasteiger partial charge in [0, 0.05) is 20.2 Å². The van der Waals surface area contributed by atoms with Gasteiger partial charge in [-0.1, -0.05) is 13.8 Å². The smallest absolute Gasteiger partial charge is 0.322 e. The Labute approximate surface area is 112 Å². The van der Waals surface area contributed by atoms with Crippen LogP contribution in [-0.4, -0.2) is 48.9 Å². The summed E-state index contributed by atoms with van der Waals surface area (Å²) in [6.07, 6.45) is 0. The molecule has 1 aromatic rings. The van der Waals surface area contributed by atoms with Crippen LogP contribution in [0.15, 0.2) is 0 Å². The van der Waals surface area contributed by atoms with E-state index in [1.54, 1.807) is 7.11 Å². The monoisotopic (exact) mass is 274 g/mol. The Morgan fingerprint density at radius 3 is 2.50 bits per heavy atom. The molecule has 0 saturated carbocycles. The van der Waals surface area contributed by atoms with Crippen molar-refractivity contribution in [3.63, 3.8) is 0 Å². The fraction of sp³-hybridized carbons (Fsp3) is 0.727. The van der Waals surface area contributed by atoms with Gasteiger partial charge in [-0.3, -0.25) is 0 Å². The zero-order valence-corrected chi connectivity index (χ0v) is 11.9. The lowest BCUT2D eigenvalue weighted by Gasteiger charge is -2.24. The molecule has 0 aliphatic heterocycles. The molecular weight excluding hydrogens is 256 g/mol. The number of anilines is 1. The zero-order chi connectivity index (χ0) is 13.5. The van der Waals surface area contributed by atoms with Gasteiger partial charge in [-0.2, -0.15) is 15.0 Å². The van der Waals surface area contributed by atoms with E-state index in [4.69, 9.17) is 21.1 Å². The second-order valence-electron chi connectivity index (χ2n) is 4.22. The molecular formula is C11H19ClN4O2. The Kier molecular flexibility index (Phi) is 6.07. The van der Waals surface area contributed by atoms with Crippen LogP contribution >= 0.6 is 11.6 Å². The molecule has 1 heterocycles. The topological polar surface area (TPSA) is 60.4 Å². The molecule has 0 unspecified atom stereocenters. The number of rotatable bonds is 7. The molecule has 0 fully saturated rings. The molecule has 0 bridgehead atoms. The summed E-state index contributed by atoms with van der Waals surface area (Å²) in [6.45, 7) is 6.35. The first-order valence-corrected chi connectivity index (χ1v) is 6.14. The number of ether oxygens (including phenoxy) is 2. The van der Waals surface area contributed by atoms with Gasteiger partial charge in [0.25, 0.3) is 0 Å². The summed E-state index contributed by atoms with van der Waals surface area (Å²) in [5, 5.41) is 0.128. The highest BCUT2D eigenvalue weighted by Crippen LogP contribution is 2.16. The van der Waals surface area contributed by atoms with Gasteiger partial charge < -0.3 is 14.4 Å². The molecule has 0 radical (unpaired) electrons. The number of methoxy groups -OCH3 is 2. The predicted molar refractivity (Wildman–Crippen MR) is 70.3 cm³/mol. The van der Waals surface area contributed by atoms with Crippen molar-refractivity contribution < 1.29 is 9.47 Å². The Morgan fingerprint density at radius 2 is 1.94 bits per heavy atom. The summed E-state index contributed by atoms with van der Waals surface area (Å²) in [7, 11) is 3.16. The van der Waals surface area contributed by atoms with Gasteiger partial charge in [0.1, 0.15) is 0 Å². The zero-order valence-electron chi connectivity index (χ0n) is 11.2. The number of nitrogens with zero attached hydrogens (tertiary/aromatic N) is 4. The maximum absolute atomic E-state index is 5.84. The lowest BCUT2D eigenvalue weighted by molar-refractivity contribution is 0.204. The summed E-state index contributed by atoms with van der Waals surface area (Å²) in [4.78, 5) is 14.2. The lowest BCUT2D eigenvalue weighted by Crippen LogP contribution is -2.32. The summed E-state index contributed by atoms with van der Waals surface area (Å²) >= 11 is 5.84. The van der Waals surface area contributed by atoms with Crippen molar-refractivity contribution in [2.24, 2.45) is 5.92 Å². The van der Waals surface area contributed by atoms with E-state index in [0.717, 1.165) is 6.54 Å². The first-order valence-electron chi connectivity index (χ1n) is 5.76. The minimum Gasteiger partial charge on any atom is -0.467 e. The van der Waals surface area contributed by atoms with Crippen LogP contribution in [-0.2, 0) is 4.74 Å². The fourth-order valence-electron chi connectivity index (χ4n) is 1.47. The molecule has 1 aromatic heterocycles. The van der Waals surface area contributed by atoms with Gasteiger partial charge in [-0.05, 0) is 17.5 Å². The Bertz CT molecular complexity index is 376. The van der Waals surface area contributed by atoms with Crippen LogP contribution in [0.4, 0.5) is 5.95 Å². The molecule has 0 atom stereocenters. The maximum atomic E-state index is 5.84. The number of hydrogen-bond acceptors (Lipinski definition) is 6. The maximum Gasteiger partial charge on any atom is 0.322 e. The summed E-state index contributed by atoms with van der Waals surface area (Å²) in [5.74, 6) is 0.987. The van der Waals surface area contributed by atoms with E-state index in [9.17, 15) is 0 Å². The van der Waals surface area contributed by atoms with E-state index in [1.165, 1.54) is 7.11 Å². The molecule has 0 N–H and O–H groups in total. The Balaban J connectivity index is 2.91. The standard InChI is InChI=1S/C11H19ClN4O2/c1-8(2)7-16(5-6-17-3)10-13-9(12)14-11(15-10)18-4/h8H,5-7H2,1-4H3. The summed E-state index contributed by atoms with van der Waals surface area (Å²) < 4.78 is 10.1. The average molecular weight is 275 g/mol. The van der Waals surface area contributed by atoms with Crippen molar-refractivity contribution in [3.05, 3.63) is 5.28 Å². The van der Waals surface area contributed by atoms with Crippen molar-refractivity contribution in [1.82, 2.24) is 15.0 Å². The van der Waals surface area contributed by atoms with E-state index in [0.29, 0.717) is 25.0 Å². The minimum absolute atomic E-state index is 0.128. The fourth-order valence-corrected chi connectivity index (χ4v) is 1.62. The van der Waals surface area contributed by atoms with Crippen molar-refractivity contribution >= 4 is 17.5 Å². The van der Waals surface area contributed by atoms with Gasteiger partial charge in [0.2, 0.25) is 11.2 Å². The van der Waals surface area contributed by atoms with Gasteiger partial charge in [0.15, 0.2) is 0 Å². The number of hydrogen-bond donors (Lipinski definition) is 0. The molecule has 102 valence electrons. The van der Waals surface area contributed by atoms with Crippen LogP contribution < -0.4 is 9.64 Å². The van der Waals surface area contributed by atoms with Gasteiger partial charge in [-0.25, -0.2) is 0 Å². The molecule has 0 aromatic carbocycles. The summed E-state index contributed by atoms with van der Waals surface area (Å²) in [6, 6.07) is 0.219. The first kappa shape index (κ1) is 14.9. The third-order valence-corrected chi connectivity index (χ3v) is 2.36. The number of aromatic nitrogens is 3. The third-order valence-electron chi connectivity index (χ3n) is 2.19. The average Bonchev–Trinajstić information content (AvgIpc) is 2.33. The van der Waals surface area contributed by atoms with Crippen molar-refractivity contribution in [2.75, 3.05) is 38.8 Å². The highest BCUT2D eigenvalue weighted by atomic mass is 35.5. The lowest BCUT2D eigenvalue weighted by atomic mass is 10.2. The number of halogens is 1. The Morgan fingerprint density at radius 1 is 1.22 bits per heavy atom. The van der Waals surface area contributed by atoms with Crippen molar-refractivity contribution in [3.8, 4) is 6.01 Å². The highest BCUT2D eigenvalue weighted by Gasteiger charge is 2.14. The molecule has 7 heteroatoms. The molecule has 0 saturated heterocycles. The van der Waals surface area contributed by atoms with Crippen LogP contribution in [0.3, 0.4) is 0 Å². The van der Waals surface area contributed by atoms with Crippen LogP contribution in [0.5, 0.6) is 6.01 Å². The predicted octanol–water partition coefficient (Wildman–Crippen LogP) is 1.64. The largest absolute Gasteiger partial charge is 0.467 e. The molecule has 0 aliphatic rings. The van der Waals surface area contributed by atoms with Crippen LogP contribution in [0.1, 0.15) is 13.8 Å². The third kappa shape index (κ3) is 4.62.